The molecule has 2 aromatic heterocycles. The maximum atomic E-state index is 13.8. The lowest BCUT2D eigenvalue weighted by Crippen LogP contribution is -2.34. The van der Waals surface area contributed by atoms with E-state index in [4.69, 9.17) is 0 Å². The predicted molar refractivity (Wildman–Crippen MR) is 85.7 cm³/mol. The Balaban J connectivity index is 1.73. The van der Waals surface area contributed by atoms with E-state index in [0.717, 1.165) is 11.4 Å². The third kappa shape index (κ3) is 3.36. The van der Waals surface area contributed by atoms with Gasteiger partial charge in [-0.15, -0.1) is 0 Å². The summed E-state index contributed by atoms with van der Waals surface area (Å²) in [5, 5.41) is 10.5. The first-order valence-corrected chi connectivity index (χ1v) is 7.40. The van der Waals surface area contributed by atoms with Crippen molar-refractivity contribution in [3.63, 3.8) is 0 Å². The van der Waals surface area contributed by atoms with Crippen LogP contribution < -0.4 is 5.32 Å². The van der Waals surface area contributed by atoms with Crippen LogP contribution in [0.25, 0.3) is 10.9 Å². The number of aromatic amines is 1. The lowest BCUT2D eigenvalue weighted by atomic mass is 10.1. The Kier molecular flexibility index (Phi) is 4.06. The van der Waals surface area contributed by atoms with Crippen molar-refractivity contribution in [3.05, 3.63) is 59.3 Å². The van der Waals surface area contributed by atoms with E-state index in [1.807, 2.05) is 19.9 Å². The largest absolute Gasteiger partial charge is 0.348 e. The van der Waals surface area contributed by atoms with Gasteiger partial charge in [0, 0.05) is 23.5 Å². The zero-order chi connectivity index (χ0) is 16.4. The van der Waals surface area contributed by atoms with Gasteiger partial charge in [0.15, 0.2) is 0 Å². The van der Waals surface area contributed by atoms with Crippen LogP contribution in [0.15, 0.2) is 36.4 Å². The van der Waals surface area contributed by atoms with Crippen molar-refractivity contribution in [1.29, 1.82) is 0 Å². The number of para-hydroxylation sites is 1. The molecule has 0 bridgehead atoms. The fourth-order valence-corrected chi connectivity index (χ4v) is 2.48. The number of benzene rings is 1. The molecule has 1 unspecified atom stereocenters. The molecule has 3 aromatic rings. The molecule has 6 heteroatoms. The van der Waals surface area contributed by atoms with E-state index in [0.29, 0.717) is 11.8 Å². The number of carbonyl (C=O) groups is 1. The van der Waals surface area contributed by atoms with Crippen molar-refractivity contribution in [2.45, 2.75) is 26.3 Å². The lowest BCUT2D eigenvalue weighted by Gasteiger charge is -2.12. The molecule has 0 radical (unpaired) electrons. The molecular formula is C17H17FN4O. The second-order valence-electron chi connectivity index (χ2n) is 5.63. The average Bonchev–Trinajstić information content (AvgIpc) is 2.92. The minimum atomic E-state index is -0.433. The number of H-pyrrole nitrogens is 1. The monoisotopic (exact) mass is 312 g/mol. The van der Waals surface area contributed by atoms with Crippen LogP contribution in [0.1, 0.15) is 28.8 Å². The minimum absolute atomic E-state index is 0.108. The molecule has 0 aliphatic rings. The van der Waals surface area contributed by atoms with Gasteiger partial charge in [-0.05, 0) is 32.0 Å². The standard InChI is InChI=1S/C17H17FN4O/c1-10(8-13-9-11(2)21-22-13)19-17(23)15-7-6-12-4-3-5-14(18)16(12)20-15/h3-7,9-10H,8H2,1-2H3,(H,19,23)(H,21,22). The molecule has 23 heavy (non-hydrogen) atoms. The van der Waals surface area contributed by atoms with Gasteiger partial charge in [-0.3, -0.25) is 9.89 Å². The summed E-state index contributed by atoms with van der Waals surface area (Å²) in [6, 6.07) is 9.84. The molecule has 118 valence electrons. The average molecular weight is 312 g/mol. The van der Waals surface area contributed by atoms with Crippen molar-refractivity contribution >= 4 is 16.8 Å². The second kappa shape index (κ2) is 6.16. The summed E-state index contributed by atoms with van der Waals surface area (Å²) >= 11 is 0. The van der Waals surface area contributed by atoms with Crippen LogP contribution in [-0.2, 0) is 6.42 Å². The zero-order valence-electron chi connectivity index (χ0n) is 12.9. The summed E-state index contributed by atoms with van der Waals surface area (Å²) in [6.45, 7) is 3.82. The molecule has 3 rings (SSSR count). The van der Waals surface area contributed by atoms with Gasteiger partial charge in [-0.1, -0.05) is 18.2 Å². The topological polar surface area (TPSA) is 70.7 Å². The molecule has 0 fully saturated rings. The number of carbonyl (C=O) groups excluding carboxylic acids is 1. The number of fused-ring (bicyclic) bond motifs is 1. The van der Waals surface area contributed by atoms with Crippen molar-refractivity contribution in [2.24, 2.45) is 0 Å². The number of aryl methyl sites for hydroxylation is 1. The summed E-state index contributed by atoms with van der Waals surface area (Å²) in [5.74, 6) is -0.757. The van der Waals surface area contributed by atoms with E-state index in [-0.39, 0.29) is 23.2 Å². The smallest absolute Gasteiger partial charge is 0.270 e. The molecule has 0 spiro atoms. The molecule has 0 saturated carbocycles. The Morgan fingerprint density at radius 3 is 2.91 bits per heavy atom. The quantitative estimate of drug-likeness (QED) is 0.778. The van der Waals surface area contributed by atoms with Crippen molar-refractivity contribution < 1.29 is 9.18 Å². The number of halogens is 1. The summed E-state index contributed by atoms with van der Waals surface area (Å²) in [7, 11) is 0. The fraction of sp³-hybridized carbons (Fsp3) is 0.235. The third-order valence-corrected chi connectivity index (χ3v) is 3.56. The van der Waals surface area contributed by atoms with E-state index in [1.165, 1.54) is 6.07 Å². The maximum absolute atomic E-state index is 13.8. The number of aromatic nitrogens is 3. The van der Waals surface area contributed by atoms with Crippen molar-refractivity contribution in [3.8, 4) is 0 Å². The van der Waals surface area contributed by atoms with Gasteiger partial charge < -0.3 is 5.32 Å². The van der Waals surface area contributed by atoms with Crippen LogP contribution in [0, 0.1) is 12.7 Å². The Labute approximate surface area is 132 Å². The number of rotatable bonds is 4. The highest BCUT2D eigenvalue weighted by atomic mass is 19.1. The predicted octanol–water partition coefficient (Wildman–Crippen LogP) is 2.77. The van der Waals surface area contributed by atoms with E-state index in [9.17, 15) is 9.18 Å². The highest BCUT2D eigenvalue weighted by Crippen LogP contribution is 2.16. The molecule has 1 atom stereocenters. The first-order valence-electron chi connectivity index (χ1n) is 7.40. The number of pyridine rings is 1. The van der Waals surface area contributed by atoms with Gasteiger partial charge in [0.25, 0.3) is 5.91 Å². The van der Waals surface area contributed by atoms with Gasteiger partial charge >= 0.3 is 0 Å². The van der Waals surface area contributed by atoms with Crippen molar-refractivity contribution in [2.75, 3.05) is 0 Å². The normalized spacial score (nSPS) is 12.3. The van der Waals surface area contributed by atoms with Gasteiger partial charge in [-0.25, -0.2) is 9.37 Å². The van der Waals surface area contributed by atoms with Crippen LogP contribution in [0.3, 0.4) is 0 Å². The minimum Gasteiger partial charge on any atom is -0.348 e. The van der Waals surface area contributed by atoms with Crippen LogP contribution in [0.2, 0.25) is 0 Å². The summed E-state index contributed by atoms with van der Waals surface area (Å²) < 4.78 is 13.8. The lowest BCUT2D eigenvalue weighted by molar-refractivity contribution is 0.0935. The molecule has 2 heterocycles. The molecule has 0 aliphatic heterocycles. The molecule has 0 saturated heterocycles. The van der Waals surface area contributed by atoms with Gasteiger partial charge in [0.1, 0.15) is 17.0 Å². The first kappa shape index (κ1) is 15.1. The Bertz CT molecular complexity index is 859. The number of hydrogen-bond donors (Lipinski definition) is 2. The number of nitrogens with zero attached hydrogens (tertiary/aromatic N) is 2. The Morgan fingerprint density at radius 2 is 2.17 bits per heavy atom. The molecule has 1 amide bonds. The van der Waals surface area contributed by atoms with Crippen LogP contribution in [0.4, 0.5) is 4.39 Å². The SMILES string of the molecule is Cc1cc(CC(C)NC(=O)c2ccc3cccc(F)c3n2)n[nH]1. The Morgan fingerprint density at radius 1 is 1.35 bits per heavy atom. The molecule has 0 aliphatic carbocycles. The number of hydrogen-bond acceptors (Lipinski definition) is 3. The maximum Gasteiger partial charge on any atom is 0.270 e. The molecule has 2 N–H and O–H groups in total. The van der Waals surface area contributed by atoms with Crippen molar-refractivity contribution in [1.82, 2.24) is 20.5 Å². The van der Waals surface area contributed by atoms with E-state index in [2.05, 4.69) is 20.5 Å². The number of nitrogens with one attached hydrogen (secondary N) is 2. The van der Waals surface area contributed by atoms with E-state index >= 15 is 0 Å². The molecule has 1 aromatic carbocycles. The van der Waals surface area contributed by atoms with Crippen LogP contribution in [-0.4, -0.2) is 27.1 Å². The second-order valence-corrected chi connectivity index (χ2v) is 5.63. The molecular weight excluding hydrogens is 295 g/mol. The van der Waals surface area contributed by atoms with E-state index in [1.54, 1.807) is 24.3 Å². The van der Waals surface area contributed by atoms with Crippen LogP contribution >= 0.6 is 0 Å². The van der Waals surface area contributed by atoms with Gasteiger partial charge in [0.2, 0.25) is 0 Å². The first-order chi connectivity index (χ1) is 11.0. The van der Waals surface area contributed by atoms with E-state index < -0.39 is 5.82 Å². The van der Waals surface area contributed by atoms with Crippen LogP contribution in [0.5, 0.6) is 0 Å². The van der Waals surface area contributed by atoms with Gasteiger partial charge in [0.05, 0.1) is 5.69 Å². The summed E-state index contributed by atoms with van der Waals surface area (Å²) in [4.78, 5) is 16.4. The number of amides is 1. The zero-order valence-corrected chi connectivity index (χ0v) is 12.9. The summed E-state index contributed by atoms with van der Waals surface area (Å²) in [5.41, 5.74) is 2.27. The highest BCUT2D eigenvalue weighted by Gasteiger charge is 2.14. The highest BCUT2D eigenvalue weighted by molar-refractivity contribution is 5.95. The molecule has 5 nitrogen and oxygen atoms in total. The van der Waals surface area contributed by atoms with Gasteiger partial charge in [-0.2, -0.15) is 5.10 Å². The summed E-state index contributed by atoms with van der Waals surface area (Å²) in [6.07, 6.45) is 0.609. The third-order valence-electron chi connectivity index (χ3n) is 3.56. The Hall–Kier alpha value is -2.76. The fourth-order valence-electron chi connectivity index (χ4n) is 2.48.